The summed E-state index contributed by atoms with van der Waals surface area (Å²) >= 11 is 1.50. The van der Waals surface area contributed by atoms with Gasteiger partial charge in [-0.05, 0) is 73.1 Å². The van der Waals surface area contributed by atoms with E-state index in [0.29, 0.717) is 31.7 Å². The van der Waals surface area contributed by atoms with Crippen molar-refractivity contribution in [1.29, 1.82) is 0 Å². The first kappa shape index (κ1) is 35.0. The van der Waals surface area contributed by atoms with Crippen molar-refractivity contribution < 1.29 is 18.8 Å². The Labute approximate surface area is 284 Å². The number of rotatable bonds is 13. The predicted molar refractivity (Wildman–Crippen MR) is 184 cm³/mol. The molecule has 0 aliphatic carbocycles. The third-order valence-corrected chi connectivity index (χ3v) is 9.26. The summed E-state index contributed by atoms with van der Waals surface area (Å²) in [5.74, 6) is -0.684. The van der Waals surface area contributed by atoms with E-state index in [1.807, 2.05) is 56.0 Å². The number of amides is 3. The van der Waals surface area contributed by atoms with Gasteiger partial charge in [0.15, 0.2) is 0 Å². The third kappa shape index (κ3) is 8.97. The molecule has 254 valence electrons. The first-order valence-corrected chi connectivity index (χ1v) is 16.9. The normalized spacial score (nSPS) is 17.0. The standard InChI is InChI=1S/C35H43FN8O3S/c1-35(2,3)31(40-30(45)20-37-4)33(47)44-21-26(41-48-28-9-6-5-7-10-28)19-27(44)22-42(18-15-24-11-13-25(36)14-12-24)32(46)29-23-43-17-8-16-38-34(43)39-29/h5-14,16-17,23,26-27,31,37,41H,15,18-22H2,1-4H3,(H,40,45). The van der Waals surface area contributed by atoms with Crippen molar-refractivity contribution >= 4 is 35.4 Å². The van der Waals surface area contributed by atoms with Gasteiger partial charge in [0, 0.05) is 49.2 Å². The van der Waals surface area contributed by atoms with Gasteiger partial charge < -0.3 is 20.4 Å². The second-order valence-electron chi connectivity index (χ2n) is 13.1. The lowest BCUT2D eigenvalue weighted by atomic mass is 9.85. The second-order valence-corrected chi connectivity index (χ2v) is 14.0. The molecule has 13 heteroatoms. The molecule has 0 spiro atoms. The van der Waals surface area contributed by atoms with Crippen LogP contribution in [-0.4, -0.2) is 93.2 Å². The summed E-state index contributed by atoms with van der Waals surface area (Å²) in [6.45, 7) is 6.83. The van der Waals surface area contributed by atoms with Crippen molar-refractivity contribution in [3.8, 4) is 0 Å². The number of carbonyl (C=O) groups is 3. The van der Waals surface area contributed by atoms with Crippen LogP contribution in [0.3, 0.4) is 0 Å². The van der Waals surface area contributed by atoms with Gasteiger partial charge in [-0.25, -0.2) is 14.4 Å². The van der Waals surface area contributed by atoms with Crippen molar-refractivity contribution in [2.75, 3.05) is 33.2 Å². The molecule has 1 aliphatic heterocycles. The highest BCUT2D eigenvalue weighted by Gasteiger charge is 2.43. The van der Waals surface area contributed by atoms with Gasteiger partial charge >= 0.3 is 0 Å². The van der Waals surface area contributed by atoms with Gasteiger partial charge in [-0.15, -0.1) is 0 Å². The quantitative estimate of drug-likeness (QED) is 0.184. The lowest BCUT2D eigenvalue weighted by Gasteiger charge is -2.37. The van der Waals surface area contributed by atoms with Gasteiger partial charge in [0.05, 0.1) is 12.6 Å². The van der Waals surface area contributed by atoms with Crippen LogP contribution in [0, 0.1) is 11.2 Å². The molecule has 1 saturated heterocycles. The molecule has 3 atom stereocenters. The van der Waals surface area contributed by atoms with Gasteiger partial charge in [0.1, 0.15) is 17.6 Å². The number of benzene rings is 2. The molecule has 4 aromatic rings. The minimum absolute atomic E-state index is 0.0776. The molecule has 0 saturated carbocycles. The van der Waals surface area contributed by atoms with Crippen LogP contribution >= 0.6 is 11.9 Å². The van der Waals surface area contributed by atoms with Crippen LogP contribution in [0.25, 0.3) is 5.78 Å². The fraction of sp³-hybridized carbons (Fsp3) is 0.400. The summed E-state index contributed by atoms with van der Waals surface area (Å²) in [7, 11) is 1.68. The van der Waals surface area contributed by atoms with E-state index in [4.69, 9.17) is 0 Å². The minimum Gasteiger partial charge on any atom is -0.343 e. The molecule has 5 rings (SSSR count). The Morgan fingerprint density at radius 1 is 1.08 bits per heavy atom. The van der Waals surface area contributed by atoms with Gasteiger partial charge in [0.2, 0.25) is 17.6 Å². The maximum atomic E-state index is 14.4. The second kappa shape index (κ2) is 15.7. The zero-order valence-corrected chi connectivity index (χ0v) is 28.5. The van der Waals surface area contributed by atoms with Gasteiger partial charge in [0.25, 0.3) is 5.91 Å². The van der Waals surface area contributed by atoms with Crippen LogP contribution in [0.4, 0.5) is 4.39 Å². The number of halogens is 1. The molecule has 3 amide bonds. The van der Waals surface area contributed by atoms with Crippen LogP contribution in [0.15, 0.2) is 84.1 Å². The molecule has 3 N–H and O–H groups in total. The van der Waals surface area contributed by atoms with Gasteiger partial charge in [-0.1, -0.05) is 51.1 Å². The summed E-state index contributed by atoms with van der Waals surface area (Å²) in [4.78, 5) is 54.6. The molecule has 11 nitrogen and oxygen atoms in total. The van der Waals surface area contributed by atoms with E-state index in [0.717, 1.165) is 10.5 Å². The summed E-state index contributed by atoms with van der Waals surface area (Å²) < 4.78 is 18.9. The molecule has 2 aromatic heterocycles. The van der Waals surface area contributed by atoms with Crippen molar-refractivity contribution in [2.45, 2.75) is 56.6 Å². The average molecular weight is 675 g/mol. The highest BCUT2D eigenvalue weighted by molar-refractivity contribution is 7.97. The van der Waals surface area contributed by atoms with E-state index < -0.39 is 11.5 Å². The zero-order chi connectivity index (χ0) is 34.3. The molecule has 1 fully saturated rings. The summed E-state index contributed by atoms with van der Waals surface area (Å²) in [5.41, 5.74) is 0.547. The summed E-state index contributed by atoms with van der Waals surface area (Å²) in [6, 6.07) is 16.7. The maximum absolute atomic E-state index is 14.4. The Balaban J connectivity index is 1.43. The van der Waals surface area contributed by atoms with Crippen molar-refractivity contribution in [3.05, 3.63) is 96.3 Å². The van der Waals surface area contributed by atoms with Crippen LogP contribution in [0.1, 0.15) is 43.2 Å². The molecule has 1 aliphatic rings. The Morgan fingerprint density at radius 3 is 2.52 bits per heavy atom. The van der Waals surface area contributed by atoms with E-state index in [9.17, 15) is 18.8 Å². The number of aromatic nitrogens is 3. The summed E-state index contributed by atoms with van der Waals surface area (Å²) in [6.07, 6.45) is 6.11. The first-order chi connectivity index (χ1) is 23.0. The van der Waals surface area contributed by atoms with Crippen LogP contribution < -0.4 is 15.4 Å². The van der Waals surface area contributed by atoms with E-state index in [1.54, 1.807) is 53.1 Å². The zero-order valence-electron chi connectivity index (χ0n) is 27.7. The number of carbonyl (C=O) groups excluding carboxylic acids is 3. The van der Waals surface area contributed by atoms with Crippen molar-refractivity contribution in [2.24, 2.45) is 5.41 Å². The molecule has 3 heterocycles. The lowest BCUT2D eigenvalue weighted by Crippen LogP contribution is -2.58. The first-order valence-electron chi connectivity index (χ1n) is 16.1. The molecule has 3 unspecified atom stereocenters. The van der Waals surface area contributed by atoms with E-state index >= 15 is 0 Å². The fourth-order valence-electron chi connectivity index (χ4n) is 5.81. The Morgan fingerprint density at radius 2 is 1.83 bits per heavy atom. The number of hydrogen-bond acceptors (Lipinski definition) is 8. The maximum Gasteiger partial charge on any atom is 0.274 e. The SMILES string of the molecule is CNCC(=O)NC(C(=O)N1CC(NSc2ccccc2)CC1CN(CCc1ccc(F)cc1)C(=O)c1cn2cccnc2n1)C(C)(C)C. The van der Waals surface area contributed by atoms with E-state index in [-0.39, 0.29) is 54.4 Å². The van der Waals surface area contributed by atoms with Crippen LogP contribution in [0.5, 0.6) is 0 Å². The van der Waals surface area contributed by atoms with E-state index in [1.165, 1.54) is 24.1 Å². The average Bonchev–Trinajstić information content (AvgIpc) is 3.69. The number of fused-ring (bicyclic) bond motifs is 1. The predicted octanol–water partition coefficient (Wildman–Crippen LogP) is 3.57. The number of nitrogens with one attached hydrogen (secondary N) is 3. The molecule has 0 bridgehead atoms. The van der Waals surface area contributed by atoms with Crippen LogP contribution in [-0.2, 0) is 16.0 Å². The number of likely N-dealkylation sites (N-methyl/N-ethyl adjacent to an activating group) is 1. The Hall–Kier alpha value is -4.33. The summed E-state index contributed by atoms with van der Waals surface area (Å²) in [5, 5.41) is 5.80. The fourth-order valence-corrected chi connectivity index (χ4v) is 6.58. The van der Waals surface area contributed by atoms with E-state index in [2.05, 4.69) is 25.3 Å². The van der Waals surface area contributed by atoms with Crippen molar-refractivity contribution in [3.63, 3.8) is 0 Å². The highest BCUT2D eigenvalue weighted by Crippen LogP contribution is 2.28. The highest BCUT2D eigenvalue weighted by atomic mass is 32.2. The minimum atomic E-state index is -0.783. The topological polar surface area (TPSA) is 124 Å². The van der Waals surface area contributed by atoms with Gasteiger partial charge in [-0.2, -0.15) is 0 Å². The van der Waals surface area contributed by atoms with Crippen LogP contribution in [0.2, 0.25) is 0 Å². The molecule has 2 aromatic carbocycles. The molecule has 0 radical (unpaired) electrons. The Kier molecular flexibility index (Phi) is 11.5. The number of hydrogen-bond donors (Lipinski definition) is 3. The molecular formula is C35H43FN8O3S. The van der Waals surface area contributed by atoms with Crippen molar-refractivity contribution in [1.82, 2.24) is 39.5 Å². The van der Waals surface area contributed by atoms with Gasteiger partial charge in [-0.3, -0.25) is 23.5 Å². The smallest absolute Gasteiger partial charge is 0.274 e. The lowest BCUT2D eigenvalue weighted by molar-refractivity contribution is -0.140. The largest absolute Gasteiger partial charge is 0.343 e. The number of imidazole rings is 1. The molecular weight excluding hydrogens is 632 g/mol. The third-order valence-electron chi connectivity index (χ3n) is 8.30. The number of likely N-dealkylation sites (tertiary alicyclic amines) is 1. The number of nitrogens with zero attached hydrogens (tertiary/aromatic N) is 5. The Bertz CT molecular complexity index is 1660. The molecule has 48 heavy (non-hydrogen) atoms. The monoisotopic (exact) mass is 674 g/mol.